The Morgan fingerprint density at radius 1 is 1.29 bits per heavy atom. The fourth-order valence-corrected chi connectivity index (χ4v) is 2.86. The quantitative estimate of drug-likeness (QED) is 0.233. The SMILES string of the molecule is CCNC(=NCc1ccc(C(N)=O)cc1)NCC(C)(O)CN1CCOCC1.I. The van der Waals surface area contributed by atoms with Crippen molar-refractivity contribution in [3.63, 3.8) is 0 Å². The van der Waals surface area contributed by atoms with E-state index in [1.807, 2.05) is 26.0 Å². The number of hydrogen-bond donors (Lipinski definition) is 4. The van der Waals surface area contributed by atoms with Crippen LogP contribution in [0, 0.1) is 0 Å². The van der Waals surface area contributed by atoms with E-state index in [1.54, 1.807) is 12.1 Å². The van der Waals surface area contributed by atoms with Gasteiger partial charge in [-0.3, -0.25) is 9.69 Å². The van der Waals surface area contributed by atoms with Gasteiger partial charge in [-0.1, -0.05) is 12.1 Å². The topological polar surface area (TPSA) is 112 Å². The number of halogens is 1. The van der Waals surface area contributed by atoms with Gasteiger partial charge in [0.05, 0.1) is 25.4 Å². The van der Waals surface area contributed by atoms with Crippen LogP contribution in [0.5, 0.6) is 0 Å². The predicted octanol–water partition coefficient (Wildman–Crippen LogP) is 0.542. The molecule has 1 aromatic rings. The Morgan fingerprint density at radius 3 is 2.50 bits per heavy atom. The summed E-state index contributed by atoms with van der Waals surface area (Å²) in [5.74, 6) is 0.196. The summed E-state index contributed by atoms with van der Waals surface area (Å²) in [6.45, 7) is 9.06. The molecule has 9 heteroatoms. The van der Waals surface area contributed by atoms with Crippen molar-refractivity contribution in [1.82, 2.24) is 15.5 Å². The molecule has 8 nitrogen and oxygen atoms in total. The molecule has 0 spiro atoms. The van der Waals surface area contributed by atoms with Gasteiger partial charge in [-0.25, -0.2) is 4.99 Å². The Balaban J connectivity index is 0.00000392. The summed E-state index contributed by atoms with van der Waals surface area (Å²) < 4.78 is 5.35. The summed E-state index contributed by atoms with van der Waals surface area (Å²) in [6.07, 6.45) is 0. The molecule has 1 unspecified atom stereocenters. The Hall–Kier alpha value is -1.43. The first kappa shape index (κ1) is 24.6. The third-order valence-electron chi connectivity index (χ3n) is 4.31. The summed E-state index contributed by atoms with van der Waals surface area (Å²) in [4.78, 5) is 17.9. The number of carbonyl (C=O) groups excluding carboxylic acids is 1. The second-order valence-electron chi connectivity index (χ2n) is 7.00. The van der Waals surface area contributed by atoms with Crippen LogP contribution in [-0.2, 0) is 11.3 Å². The summed E-state index contributed by atoms with van der Waals surface area (Å²) in [7, 11) is 0. The van der Waals surface area contributed by atoms with E-state index in [0.29, 0.717) is 44.4 Å². The highest BCUT2D eigenvalue weighted by Crippen LogP contribution is 2.08. The summed E-state index contributed by atoms with van der Waals surface area (Å²) in [6, 6.07) is 7.06. The van der Waals surface area contributed by atoms with Crippen LogP contribution in [0.3, 0.4) is 0 Å². The van der Waals surface area contributed by atoms with E-state index in [-0.39, 0.29) is 24.0 Å². The van der Waals surface area contributed by atoms with Gasteiger partial charge in [0, 0.05) is 38.3 Å². The van der Waals surface area contributed by atoms with E-state index in [1.165, 1.54) is 0 Å². The van der Waals surface area contributed by atoms with Crippen LogP contribution in [0.15, 0.2) is 29.3 Å². The van der Waals surface area contributed by atoms with Crippen molar-refractivity contribution >= 4 is 35.8 Å². The lowest BCUT2D eigenvalue weighted by Crippen LogP contribution is -2.52. The molecule has 0 saturated carbocycles. The average molecular weight is 505 g/mol. The first-order valence-corrected chi connectivity index (χ1v) is 9.33. The molecule has 1 aromatic carbocycles. The Labute approximate surface area is 183 Å². The van der Waals surface area contributed by atoms with Crippen molar-refractivity contribution in [2.75, 3.05) is 45.9 Å². The van der Waals surface area contributed by atoms with Gasteiger partial charge in [-0.05, 0) is 31.5 Å². The molecule has 1 aliphatic heterocycles. The molecule has 2 rings (SSSR count). The second kappa shape index (κ2) is 12.2. The van der Waals surface area contributed by atoms with Crippen LogP contribution >= 0.6 is 24.0 Å². The maximum Gasteiger partial charge on any atom is 0.248 e. The highest BCUT2D eigenvalue weighted by molar-refractivity contribution is 14.0. The van der Waals surface area contributed by atoms with Crippen LogP contribution in [0.2, 0.25) is 0 Å². The number of nitrogens with two attached hydrogens (primary N) is 1. The van der Waals surface area contributed by atoms with Crippen molar-refractivity contribution in [3.05, 3.63) is 35.4 Å². The molecule has 158 valence electrons. The number of nitrogens with zero attached hydrogens (tertiary/aromatic N) is 2. The van der Waals surface area contributed by atoms with Gasteiger partial charge in [-0.2, -0.15) is 0 Å². The monoisotopic (exact) mass is 505 g/mol. The summed E-state index contributed by atoms with van der Waals surface area (Å²) in [5.41, 5.74) is 5.82. The smallest absolute Gasteiger partial charge is 0.248 e. The molecule has 1 amide bonds. The third-order valence-corrected chi connectivity index (χ3v) is 4.31. The number of carbonyl (C=O) groups is 1. The maximum atomic E-state index is 11.1. The Bertz CT molecular complexity index is 631. The molecule has 1 aliphatic rings. The largest absolute Gasteiger partial charge is 0.387 e. The van der Waals surface area contributed by atoms with Gasteiger partial charge in [0.2, 0.25) is 5.91 Å². The number of guanidine groups is 1. The van der Waals surface area contributed by atoms with E-state index in [9.17, 15) is 9.90 Å². The number of primary amides is 1. The lowest BCUT2D eigenvalue weighted by Gasteiger charge is -2.34. The van der Waals surface area contributed by atoms with Gasteiger partial charge < -0.3 is 26.2 Å². The predicted molar refractivity (Wildman–Crippen MR) is 121 cm³/mol. The van der Waals surface area contributed by atoms with Gasteiger partial charge >= 0.3 is 0 Å². The van der Waals surface area contributed by atoms with E-state index >= 15 is 0 Å². The van der Waals surface area contributed by atoms with Gasteiger partial charge in [0.25, 0.3) is 0 Å². The molecule has 0 aromatic heterocycles. The van der Waals surface area contributed by atoms with Crippen LogP contribution in [0.1, 0.15) is 29.8 Å². The van der Waals surface area contributed by atoms with E-state index < -0.39 is 11.5 Å². The minimum atomic E-state index is -0.878. The van der Waals surface area contributed by atoms with Crippen molar-refractivity contribution < 1.29 is 14.6 Å². The maximum absolute atomic E-state index is 11.1. The molecule has 1 fully saturated rings. The van der Waals surface area contributed by atoms with E-state index in [2.05, 4.69) is 20.5 Å². The van der Waals surface area contributed by atoms with Crippen LogP contribution in [-0.4, -0.2) is 73.4 Å². The Kier molecular flexibility index (Phi) is 10.7. The van der Waals surface area contributed by atoms with Crippen LogP contribution < -0.4 is 16.4 Å². The lowest BCUT2D eigenvalue weighted by molar-refractivity contribution is -0.0201. The highest BCUT2D eigenvalue weighted by atomic mass is 127. The van der Waals surface area contributed by atoms with Gasteiger partial charge in [0.15, 0.2) is 5.96 Å². The molecular formula is C19H32IN5O3. The minimum absolute atomic E-state index is 0. The van der Waals surface area contributed by atoms with E-state index in [4.69, 9.17) is 10.5 Å². The van der Waals surface area contributed by atoms with Crippen molar-refractivity contribution in [2.45, 2.75) is 26.0 Å². The van der Waals surface area contributed by atoms with Crippen molar-refractivity contribution in [1.29, 1.82) is 0 Å². The van der Waals surface area contributed by atoms with Crippen LogP contribution in [0.4, 0.5) is 0 Å². The summed E-state index contributed by atoms with van der Waals surface area (Å²) >= 11 is 0. The number of β-amino-alcohol motifs (C(OH)–C–C–N with tert-alkyl or cyclic N) is 1. The molecule has 0 bridgehead atoms. The number of aliphatic imine (C=N–C) groups is 1. The normalized spacial score (nSPS) is 17.3. The van der Waals surface area contributed by atoms with E-state index in [0.717, 1.165) is 25.2 Å². The molecule has 0 radical (unpaired) electrons. The Morgan fingerprint density at radius 2 is 1.93 bits per heavy atom. The fourth-order valence-electron chi connectivity index (χ4n) is 2.86. The second-order valence-corrected chi connectivity index (χ2v) is 7.00. The van der Waals surface area contributed by atoms with Gasteiger partial charge in [0.1, 0.15) is 0 Å². The number of morpholine rings is 1. The standard InChI is InChI=1S/C19H31N5O3.HI/c1-3-21-18(22-12-15-4-6-16(7-5-15)17(20)25)23-13-19(2,26)14-24-8-10-27-11-9-24;/h4-7,26H,3,8-14H2,1-2H3,(H2,20,25)(H2,21,22,23);1H. The minimum Gasteiger partial charge on any atom is -0.387 e. The van der Waals surface area contributed by atoms with Crippen molar-refractivity contribution in [3.8, 4) is 0 Å². The highest BCUT2D eigenvalue weighted by Gasteiger charge is 2.25. The van der Waals surface area contributed by atoms with Crippen LogP contribution in [0.25, 0.3) is 0 Å². The number of aliphatic hydroxyl groups is 1. The zero-order valence-corrected chi connectivity index (χ0v) is 18.9. The molecule has 1 saturated heterocycles. The van der Waals surface area contributed by atoms with Gasteiger partial charge in [-0.15, -0.1) is 24.0 Å². The fraction of sp³-hybridized carbons (Fsp3) is 0.579. The molecule has 0 aliphatic carbocycles. The number of ether oxygens (including phenoxy) is 1. The molecular weight excluding hydrogens is 473 g/mol. The zero-order chi connectivity index (χ0) is 19.7. The number of hydrogen-bond acceptors (Lipinski definition) is 5. The zero-order valence-electron chi connectivity index (χ0n) is 16.6. The number of benzene rings is 1. The number of rotatable bonds is 8. The third kappa shape index (κ3) is 8.72. The summed E-state index contributed by atoms with van der Waals surface area (Å²) in [5, 5.41) is 17.1. The number of nitrogens with one attached hydrogen (secondary N) is 2. The average Bonchev–Trinajstić information content (AvgIpc) is 2.65. The molecule has 1 heterocycles. The van der Waals surface area contributed by atoms with Crippen molar-refractivity contribution in [2.24, 2.45) is 10.7 Å². The molecule has 28 heavy (non-hydrogen) atoms. The first-order valence-electron chi connectivity index (χ1n) is 9.33. The first-order chi connectivity index (χ1) is 12.9. The lowest BCUT2D eigenvalue weighted by atomic mass is 10.1. The molecule has 1 atom stereocenters. The molecule has 5 N–H and O–H groups in total. The number of amides is 1.